The lowest BCUT2D eigenvalue weighted by Gasteiger charge is -2.36. The number of piperazine rings is 1. The second-order valence-electron chi connectivity index (χ2n) is 18.4. The molecule has 0 spiro atoms. The van der Waals surface area contributed by atoms with E-state index in [0.29, 0.717) is 38.7 Å². The van der Waals surface area contributed by atoms with Gasteiger partial charge in [-0.15, -0.1) is 0 Å². The van der Waals surface area contributed by atoms with Crippen molar-refractivity contribution >= 4 is 46.2 Å². The zero-order chi connectivity index (χ0) is 53.3. The third-order valence-corrected chi connectivity index (χ3v) is 13.3. The lowest BCUT2D eigenvalue weighted by Crippen LogP contribution is -2.53. The molecule has 76 heavy (non-hydrogen) atoms. The van der Waals surface area contributed by atoms with Crippen LogP contribution in [0.2, 0.25) is 0 Å². The summed E-state index contributed by atoms with van der Waals surface area (Å²) < 4.78 is 53.3. The number of nitrogens with one attached hydrogen (secondary N) is 3. The number of carbonyl (C=O) groups excluding carboxylic acids is 5. The molecule has 0 atom stereocenters. The van der Waals surface area contributed by atoms with Crippen LogP contribution in [0, 0.1) is 5.82 Å². The van der Waals surface area contributed by atoms with Crippen LogP contribution in [0.4, 0.5) is 23.7 Å². The van der Waals surface area contributed by atoms with E-state index in [-0.39, 0.29) is 100 Å². The minimum Gasteiger partial charge on any atom is -0.448 e. The quantitative estimate of drug-likeness (QED) is 0.0726. The molecule has 7 aromatic rings. The van der Waals surface area contributed by atoms with Crippen molar-refractivity contribution in [1.82, 2.24) is 35.2 Å². The first-order valence-corrected chi connectivity index (χ1v) is 24.7. The third kappa shape index (κ3) is 12.1. The molecule has 5 amide bonds. The van der Waals surface area contributed by atoms with Gasteiger partial charge in [-0.3, -0.25) is 28.9 Å². The van der Waals surface area contributed by atoms with Crippen molar-refractivity contribution < 1.29 is 46.6 Å². The summed E-state index contributed by atoms with van der Waals surface area (Å²) in [6.45, 7) is 1.21. The van der Waals surface area contributed by atoms with E-state index >= 15 is 4.39 Å². The number of alkyl halides is 2. The van der Waals surface area contributed by atoms with Gasteiger partial charge in [0.15, 0.2) is 5.69 Å². The van der Waals surface area contributed by atoms with Crippen LogP contribution in [-0.4, -0.2) is 132 Å². The molecule has 5 aromatic carbocycles. The number of aromatic nitrogens is 3. The number of amides is 5. The van der Waals surface area contributed by atoms with E-state index in [2.05, 4.69) is 25.8 Å². The Morgan fingerprint density at radius 2 is 1.49 bits per heavy atom. The van der Waals surface area contributed by atoms with Crippen molar-refractivity contribution in [2.45, 2.75) is 32.1 Å². The van der Waals surface area contributed by atoms with Gasteiger partial charge in [0.2, 0.25) is 18.2 Å². The van der Waals surface area contributed by atoms with Crippen LogP contribution in [0.1, 0.15) is 61.6 Å². The smallest absolute Gasteiger partial charge is 0.410 e. The van der Waals surface area contributed by atoms with Crippen molar-refractivity contribution in [2.24, 2.45) is 0 Å². The molecule has 9 rings (SSSR count). The van der Waals surface area contributed by atoms with Gasteiger partial charge >= 0.3 is 6.09 Å². The van der Waals surface area contributed by atoms with Gasteiger partial charge in [0, 0.05) is 82.1 Å². The van der Waals surface area contributed by atoms with E-state index in [9.17, 15) is 37.5 Å². The van der Waals surface area contributed by atoms with Crippen LogP contribution in [0.25, 0.3) is 33.0 Å². The van der Waals surface area contributed by atoms with Gasteiger partial charge in [-0.2, -0.15) is 5.10 Å². The van der Waals surface area contributed by atoms with Gasteiger partial charge in [0.05, 0.1) is 35.5 Å². The fourth-order valence-corrected chi connectivity index (χ4v) is 9.60. The Balaban J connectivity index is 0.819. The number of aromatic amines is 1. The van der Waals surface area contributed by atoms with Crippen LogP contribution in [-0.2, 0) is 31.9 Å². The number of pyridine rings is 1. The van der Waals surface area contributed by atoms with E-state index < -0.39 is 48.4 Å². The van der Waals surface area contributed by atoms with Gasteiger partial charge in [0.1, 0.15) is 19.0 Å². The number of carbonyl (C=O) groups is 5. The standard InChI is InChI=1S/C57H53F3N8O8/c1-35(69)63-50-31-39(38-10-8-9-36(27-38)30-51(59)60)32-62-53(50)55(72)61-19-25-75-26-24-68(57(74)76-34-47-42-13-4-2-11-40(42)41-12-3-5-14-43(41)47)33-52(70)66-20-22-67(23-21-66)56(73)46-28-37(17-18-48(46)58)29-49-44-15-6-7-16-45(44)54(71)65-64-49/h2-18,27-28,31-32,47,51H,19-26,29-30,33-34H2,1H3,(H,61,72)(H,63,69)(H,65,71). The molecule has 2 aliphatic rings. The highest BCUT2D eigenvalue weighted by atomic mass is 19.3. The highest BCUT2D eigenvalue weighted by molar-refractivity contribution is 6.02. The maximum absolute atomic E-state index is 15.3. The van der Waals surface area contributed by atoms with Gasteiger partial charge in [-0.25, -0.2) is 28.0 Å². The van der Waals surface area contributed by atoms with E-state index in [1.807, 2.05) is 48.5 Å². The van der Waals surface area contributed by atoms with E-state index in [1.54, 1.807) is 60.7 Å². The molecule has 0 unspecified atom stereocenters. The normalized spacial score (nSPS) is 13.1. The Bertz CT molecular complexity index is 3340. The van der Waals surface area contributed by atoms with Crippen LogP contribution < -0.4 is 16.2 Å². The molecule has 19 heteroatoms. The monoisotopic (exact) mass is 1030 g/mol. The lowest BCUT2D eigenvalue weighted by molar-refractivity contribution is -0.133. The SMILES string of the molecule is CC(=O)Nc1cc(-c2cccc(CC(F)F)c2)cnc1C(=O)NCCOCCN(CC(=O)N1CCN(C(=O)c2cc(Cc3n[nH]c(=O)c4ccccc34)ccc2F)CC1)C(=O)OCC1c2ccccc2-c2ccccc21. The number of halogens is 3. The van der Waals surface area contributed by atoms with Crippen LogP contribution >= 0.6 is 0 Å². The Morgan fingerprint density at radius 1 is 0.789 bits per heavy atom. The summed E-state index contributed by atoms with van der Waals surface area (Å²) in [4.78, 5) is 88.1. The van der Waals surface area contributed by atoms with Gasteiger partial charge < -0.3 is 29.9 Å². The molecule has 1 fully saturated rings. The maximum atomic E-state index is 15.3. The average molecular weight is 1040 g/mol. The summed E-state index contributed by atoms with van der Waals surface area (Å²) in [6, 6.07) is 35.2. The number of rotatable bonds is 18. The van der Waals surface area contributed by atoms with E-state index in [1.165, 1.54) is 40.0 Å². The second-order valence-corrected chi connectivity index (χ2v) is 18.4. The number of anilines is 1. The number of nitrogens with zero attached hydrogens (tertiary/aromatic N) is 5. The second kappa shape index (κ2) is 23.7. The van der Waals surface area contributed by atoms with Crippen LogP contribution in [0.5, 0.6) is 0 Å². The Labute approximate surface area is 434 Å². The first-order chi connectivity index (χ1) is 36.8. The maximum Gasteiger partial charge on any atom is 0.410 e. The number of hydrogen-bond donors (Lipinski definition) is 3. The number of hydrogen-bond acceptors (Lipinski definition) is 10. The van der Waals surface area contributed by atoms with Crippen molar-refractivity contribution in [3.05, 3.63) is 183 Å². The summed E-state index contributed by atoms with van der Waals surface area (Å²) in [5.41, 5.74) is 6.34. The predicted molar refractivity (Wildman–Crippen MR) is 278 cm³/mol. The first kappa shape index (κ1) is 52.2. The number of benzene rings is 5. The zero-order valence-corrected chi connectivity index (χ0v) is 41.4. The molecule has 1 aliphatic carbocycles. The molecule has 0 saturated carbocycles. The molecule has 16 nitrogen and oxygen atoms in total. The minimum absolute atomic E-state index is 0.00152. The average Bonchev–Trinajstić information content (AvgIpc) is 3.75. The van der Waals surface area contributed by atoms with Crippen molar-refractivity contribution in [3.63, 3.8) is 0 Å². The molecule has 3 heterocycles. The number of H-pyrrole nitrogens is 1. The van der Waals surface area contributed by atoms with Crippen molar-refractivity contribution in [1.29, 1.82) is 0 Å². The molecule has 0 bridgehead atoms. The Morgan fingerprint density at radius 3 is 2.21 bits per heavy atom. The van der Waals surface area contributed by atoms with Crippen LogP contribution in [0.15, 0.2) is 132 Å². The summed E-state index contributed by atoms with van der Waals surface area (Å²) in [7, 11) is 0. The number of ether oxygens (including phenoxy) is 2. The van der Waals surface area contributed by atoms with Gasteiger partial charge in [0.25, 0.3) is 17.4 Å². The molecular formula is C57H53F3N8O8. The van der Waals surface area contributed by atoms with E-state index in [0.717, 1.165) is 22.3 Å². The highest BCUT2D eigenvalue weighted by Crippen LogP contribution is 2.44. The fraction of sp³-hybridized carbons (Fsp3) is 0.263. The van der Waals surface area contributed by atoms with E-state index in [4.69, 9.17) is 9.47 Å². The topological polar surface area (TPSA) is 196 Å². The summed E-state index contributed by atoms with van der Waals surface area (Å²) in [5, 5.41) is 13.2. The van der Waals surface area contributed by atoms with Crippen molar-refractivity contribution in [2.75, 3.05) is 71.0 Å². The highest BCUT2D eigenvalue weighted by Gasteiger charge is 2.32. The van der Waals surface area contributed by atoms with Gasteiger partial charge in [-0.05, 0) is 63.2 Å². The molecule has 1 saturated heterocycles. The molecule has 1 aliphatic heterocycles. The predicted octanol–water partition coefficient (Wildman–Crippen LogP) is 7.46. The molecule has 2 aromatic heterocycles. The fourth-order valence-electron chi connectivity index (χ4n) is 9.60. The molecule has 3 N–H and O–H groups in total. The Kier molecular flexibility index (Phi) is 16.2. The van der Waals surface area contributed by atoms with Gasteiger partial charge in [-0.1, -0.05) is 97.1 Å². The lowest BCUT2D eigenvalue weighted by atomic mass is 9.98. The Hall–Kier alpha value is -8.71. The summed E-state index contributed by atoms with van der Waals surface area (Å²) in [6.07, 6.45) is -2.07. The minimum atomic E-state index is -2.53. The first-order valence-electron chi connectivity index (χ1n) is 24.7. The van der Waals surface area contributed by atoms with Crippen LogP contribution in [0.3, 0.4) is 0 Å². The third-order valence-electron chi connectivity index (χ3n) is 13.3. The molecule has 0 radical (unpaired) electrons. The largest absolute Gasteiger partial charge is 0.448 e. The summed E-state index contributed by atoms with van der Waals surface area (Å²) in [5.74, 6) is -2.98. The zero-order valence-electron chi connectivity index (χ0n) is 41.4. The molecule has 390 valence electrons. The number of fused-ring (bicyclic) bond motifs is 4. The van der Waals surface area contributed by atoms with Crippen molar-refractivity contribution in [3.8, 4) is 22.3 Å². The molecular weight excluding hydrogens is 982 g/mol. The summed E-state index contributed by atoms with van der Waals surface area (Å²) >= 11 is 0.